The van der Waals surface area contributed by atoms with Crippen molar-refractivity contribution in [2.75, 3.05) is 78.5 Å². The smallest absolute Gasteiger partial charge is 0.231 e. The molecule has 0 spiro atoms. The van der Waals surface area contributed by atoms with Crippen LogP contribution in [0.4, 0.5) is 0 Å². The number of ketones is 1. The zero-order valence-electron chi connectivity index (χ0n) is 18.1. The van der Waals surface area contributed by atoms with Gasteiger partial charge in [-0.15, -0.1) is 0 Å². The van der Waals surface area contributed by atoms with Gasteiger partial charge in [-0.1, -0.05) is 0 Å². The lowest BCUT2D eigenvalue weighted by Gasteiger charge is -2.30. The van der Waals surface area contributed by atoms with E-state index in [1.165, 1.54) is 0 Å². The van der Waals surface area contributed by atoms with Gasteiger partial charge in [0.25, 0.3) is 0 Å². The van der Waals surface area contributed by atoms with E-state index >= 15 is 0 Å². The summed E-state index contributed by atoms with van der Waals surface area (Å²) in [5.41, 5.74) is 16.1. The molecule has 0 radical (unpaired) electrons. The number of amides is 3. The van der Waals surface area contributed by atoms with Crippen LogP contribution in [-0.4, -0.2) is 122 Å². The zero-order valence-corrected chi connectivity index (χ0v) is 18.1. The van der Waals surface area contributed by atoms with Crippen molar-refractivity contribution < 1.29 is 19.2 Å². The molecule has 172 valence electrons. The van der Waals surface area contributed by atoms with Crippen molar-refractivity contribution in [3.63, 3.8) is 0 Å². The Morgan fingerprint density at radius 2 is 0.800 bits per heavy atom. The van der Waals surface area contributed by atoms with Crippen molar-refractivity contribution in [2.45, 2.75) is 19.8 Å². The van der Waals surface area contributed by atoms with Crippen LogP contribution in [0, 0.1) is 0 Å². The van der Waals surface area contributed by atoms with E-state index < -0.39 is 17.7 Å². The van der Waals surface area contributed by atoms with Crippen LogP contribution in [0.2, 0.25) is 0 Å². The molecule has 11 nitrogen and oxygen atoms in total. The third kappa shape index (κ3) is 12.5. The molecule has 1 saturated heterocycles. The van der Waals surface area contributed by atoms with Crippen molar-refractivity contribution in [3.8, 4) is 0 Å². The third-order valence-corrected chi connectivity index (χ3v) is 4.95. The van der Waals surface area contributed by atoms with E-state index in [1.807, 2.05) is 14.7 Å². The van der Waals surface area contributed by atoms with Gasteiger partial charge in [0.2, 0.25) is 17.7 Å². The highest BCUT2D eigenvalue weighted by Crippen LogP contribution is 2.03. The molecule has 1 aliphatic heterocycles. The minimum atomic E-state index is -0.411. The lowest BCUT2D eigenvalue weighted by atomic mass is 10.2. The maximum absolute atomic E-state index is 11.6. The highest BCUT2D eigenvalue weighted by molar-refractivity contribution is 5.77. The summed E-state index contributed by atoms with van der Waals surface area (Å²) in [6.07, 6.45) is 1.48. The molecule has 3 amide bonds. The number of carbonyl (C=O) groups is 4. The van der Waals surface area contributed by atoms with Crippen LogP contribution in [0.1, 0.15) is 19.8 Å². The first-order valence-corrected chi connectivity index (χ1v) is 10.4. The van der Waals surface area contributed by atoms with Gasteiger partial charge in [-0.25, -0.2) is 0 Å². The van der Waals surface area contributed by atoms with Crippen LogP contribution in [-0.2, 0) is 19.2 Å². The molecule has 1 fully saturated rings. The molecular formula is C19H37N7O4. The van der Waals surface area contributed by atoms with E-state index in [9.17, 15) is 19.2 Å². The fourth-order valence-corrected chi connectivity index (χ4v) is 3.66. The lowest BCUT2D eigenvalue weighted by Crippen LogP contribution is -2.46. The highest BCUT2D eigenvalue weighted by Gasteiger charge is 2.17. The summed E-state index contributed by atoms with van der Waals surface area (Å²) in [5, 5.41) is 0. The summed E-state index contributed by atoms with van der Waals surface area (Å²) in [6, 6.07) is 0. The van der Waals surface area contributed by atoms with E-state index in [0.29, 0.717) is 58.9 Å². The van der Waals surface area contributed by atoms with Crippen LogP contribution < -0.4 is 17.2 Å². The average Bonchev–Trinajstić information content (AvgIpc) is 2.60. The number of nitrogens with two attached hydrogens (primary N) is 3. The summed E-state index contributed by atoms with van der Waals surface area (Å²) in [5.74, 6) is -1.13. The number of carbonyl (C=O) groups excluding carboxylic acids is 4. The number of nitrogens with zero attached hydrogens (tertiary/aromatic N) is 4. The minimum absolute atomic E-state index is 0.0775. The number of Topliss-reactive ketones (excluding diaryl/α,β-unsaturated/α-hetero) is 1. The molecular weight excluding hydrogens is 390 g/mol. The zero-order chi connectivity index (χ0) is 22.5. The Bertz CT molecular complexity index is 489. The van der Waals surface area contributed by atoms with E-state index in [-0.39, 0.29) is 25.4 Å². The Hall–Kier alpha value is -2.08. The number of primary amides is 3. The Morgan fingerprint density at radius 3 is 1.03 bits per heavy atom. The van der Waals surface area contributed by atoms with E-state index in [1.54, 1.807) is 6.92 Å². The molecule has 0 aromatic carbocycles. The molecule has 1 aliphatic rings. The molecule has 0 saturated carbocycles. The largest absolute Gasteiger partial charge is 0.369 e. The summed E-state index contributed by atoms with van der Waals surface area (Å²) >= 11 is 0. The standard InChI is InChI=1S/C19H37N7O4/c1-16(27)12-23-4-2-5-25(14-18(21)29)10-11-26(15-19(22)30)7-3-6-24(9-8-23)13-17(20)28/h2-15H2,1H3,(H2,20,28)(H2,21,29)(H2,22,30). The summed E-state index contributed by atoms with van der Waals surface area (Å²) in [6.45, 7) is 7.30. The van der Waals surface area contributed by atoms with Gasteiger partial charge in [0, 0.05) is 26.2 Å². The summed E-state index contributed by atoms with van der Waals surface area (Å²) in [7, 11) is 0. The SMILES string of the molecule is CC(=O)CN1CCCN(CC(N)=O)CCN(CC(N)=O)CCCN(CC(N)=O)CC1. The van der Waals surface area contributed by atoms with Gasteiger partial charge in [0.15, 0.2) is 0 Å². The van der Waals surface area contributed by atoms with Crippen molar-refractivity contribution in [1.82, 2.24) is 19.6 Å². The van der Waals surface area contributed by atoms with Gasteiger partial charge in [0.1, 0.15) is 5.78 Å². The number of rotatable bonds is 8. The van der Waals surface area contributed by atoms with Crippen molar-refractivity contribution in [2.24, 2.45) is 17.2 Å². The lowest BCUT2D eigenvalue weighted by molar-refractivity contribution is -0.121. The molecule has 0 aromatic rings. The molecule has 0 aromatic heterocycles. The maximum Gasteiger partial charge on any atom is 0.231 e. The van der Waals surface area contributed by atoms with Crippen LogP contribution in [0.25, 0.3) is 0 Å². The number of hydrogen-bond donors (Lipinski definition) is 3. The molecule has 1 heterocycles. The molecule has 1 rings (SSSR count). The first kappa shape index (κ1) is 26.0. The average molecular weight is 428 g/mol. The van der Waals surface area contributed by atoms with Gasteiger partial charge in [0.05, 0.1) is 26.2 Å². The second-order valence-electron chi connectivity index (χ2n) is 7.91. The predicted octanol–water partition coefficient (Wildman–Crippen LogP) is -2.97. The quantitative estimate of drug-likeness (QED) is 0.370. The van der Waals surface area contributed by atoms with Gasteiger partial charge in [-0.05, 0) is 45.9 Å². The van der Waals surface area contributed by atoms with Crippen LogP contribution in [0.5, 0.6) is 0 Å². The molecule has 6 N–H and O–H groups in total. The first-order valence-electron chi connectivity index (χ1n) is 10.4. The maximum atomic E-state index is 11.6. The second kappa shape index (κ2) is 14.0. The van der Waals surface area contributed by atoms with Crippen LogP contribution >= 0.6 is 0 Å². The fraction of sp³-hybridized carbons (Fsp3) is 0.789. The Morgan fingerprint density at radius 1 is 0.533 bits per heavy atom. The van der Waals surface area contributed by atoms with E-state index in [4.69, 9.17) is 17.2 Å². The molecule has 0 aliphatic carbocycles. The summed E-state index contributed by atoms with van der Waals surface area (Å²) in [4.78, 5) is 53.9. The second-order valence-corrected chi connectivity index (χ2v) is 7.91. The third-order valence-electron chi connectivity index (χ3n) is 4.95. The molecule has 0 atom stereocenters. The molecule has 0 unspecified atom stereocenters. The van der Waals surface area contributed by atoms with E-state index in [0.717, 1.165) is 12.8 Å². The molecule has 30 heavy (non-hydrogen) atoms. The summed E-state index contributed by atoms with van der Waals surface area (Å²) < 4.78 is 0. The minimum Gasteiger partial charge on any atom is -0.369 e. The first-order chi connectivity index (χ1) is 14.2. The molecule has 0 bridgehead atoms. The Balaban J connectivity index is 2.87. The predicted molar refractivity (Wildman–Crippen MR) is 113 cm³/mol. The Kier molecular flexibility index (Phi) is 12.1. The van der Waals surface area contributed by atoms with Gasteiger partial charge >= 0.3 is 0 Å². The van der Waals surface area contributed by atoms with Crippen molar-refractivity contribution in [1.29, 1.82) is 0 Å². The normalized spacial score (nSPS) is 19.8. The monoisotopic (exact) mass is 427 g/mol. The molecule has 11 heteroatoms. The van der Waals surface area contributed by atoms with Crippen molar-refractivity contribution in [3.05, 3.63) is 0 Å². The van der Waals surface area contributed by atoms with Gasteiger partial charge in [-0.3, -0.25) is 38.8 Å². The fourth-order valence-electron chi connectivity index (χ4n) is 3.66. The van der Waals surface area contributed by atoms with Crippen LogP contribution in [0.3, 0.4) is 0 Å². The number of hydrogen-bond acceptors (Lipinski definition) is 8. The highest BCUT2D eigenvalue weighted by atomic mass is 16.2. The van der Waals surface area contributed by atoms with Gasteiger partial charge < -0.3 is 17.2 Å². The Labute approximate surface area is 178 Å². The van der Waals surface area contributed by atoms with Crippen molar-refractivity contribution >= 4 is 23.5 Å². The van der Waals surface area contributed by atoms with Gasteiger partial charge in [-0.2, -0.15) is 0 Å². The van der Waals surface area contributed by atoms with Crippen LogP contribution in [0.15, 0.2) is 0 Å². The van der Waals surface area contributed by atoms with E-state index in [2.05, 4.69) is 4.90 Å². The topological polar surface area (TPSA) is 159 Å².